The topological polar surface area (TPSA) is 69.6 Å². The van der Waals surface area contributed by atoms with Crippen molar-refractivity contribution in [3.63, 3.8) is 0 Å². The average Bonchev–Trinajstić information content (AvgIpc) is 2.72. The molecule has 0 aromatic carbocycles. The van der Waals surface area contributed by atoms with Crippen molar-refractivity contribution in [2.45, 2.75) is 33.4 Å². The van der Waals surface area contributed by atoms with E-state index >= 15 is 0 Å². The van der Waals surface area contributed by atoms with Crippen molar-refractivity contribution < 1.29 is 0 Å². The molecule has 2 aromatic rings. The third-order valence-electron chi connectivity index (χ3n) is 2.67. The molecular weight excluding hydrogens is 214 g/mol. The van der Waals surface area contributed by atoms with Crippen LogP contribution < -0.4 is 5.73 Å². The van der Waals surface area contributed by atoms with Gasteiger partial charge in [-0.2, -0.15) is 0 Å². The highest BCUT2D eigenvalue weighted by atomic mass is 15.3. The van der Waals surface area contributed by atoms with Crippen LogP contribution in [0.4, 0.5) is 0 Å². The molecule has 5 heteroatoms. The van der Waals surface area contributed by atoms with Gasteiger partial charge < -0.3 is 10.3 Å². The number of nitrogens with zero attached hydrogens (tertiary/aromatic N) is 4. The van der Waals surface area contributed by atoms with Crippen LogP contribution in [0.5, 0.6) is 0 Å². The van der Waals surface area contributed by atoms with E-state index in [0.29, 0.717) is 6.54 Å². The Labute approximate surface area is 101 Å². The minimum Gasteiger partial charge on any atom is -0.326 e. The highest BCUT2D eigenvalue weighted by molar-refractivity contribution is 5.49. The van der Waals surface area contributed by atoms with E-state index in [1.807, 2.05) is 19.1 Å². The van der Waals surface area contributed by atoms with E-state index in [1.165, 1.54) is 0 Å². The maximum Gasteiger partial charge on any atom is 0.182 e. The summed E-state index contributed by atoms with van der Waals surface area (Å²) >= 11 is 0. The summed E-state index contributed by atoms with van der Waals surface area (Å²) in [6.45, 7) is 5.51. The fourth-order valence-corrected chi connectivity index (χ4v) is 1.74. The van der Waals surface area contributed by atoms with Crippen LogP contribution in [0.3, 0.4) is 0 Å². The van der Waals surface area contributed by atoms with Crippen molar-refractivity contribution in [2.75, 3.05) is 0 Å². The number of pyridine rings is 1. The molecule has 2 aromatic heterocycles. The maximum absolute atomic E-state index is 5.55. The molecule has 5 nitrogen and oxygen atoms in total. The Hall–Kier alpha value is -1.75. The van der Waals surface area contributed by atoms with E-state index < -0.39 is 0 Å². The lowest BCUT2D eigenvalue weighted by Crippen LogP contribution is -2.03. The third kappa shape index (κ3) is 2.34. The molecule has 0 saturated carbocycles. The van der Waals surface area contributed by atoms with Crippen LogP contribution in [-0.2, 0) is 13.1 Å². The fourth-order valence-electron chi connectivity index (χ4n) is 1.74. The van der Waals surface area contributed by atoms with Crippen LogP contribution in [0, 0.1) is 6.92 Å². The third-order valence-corrected chi connectivity index (χ3v) is 2.67. The van der Waals surface area contributed by atoms with Gasteiger partial charge in [-0.15, -0.1) is 10.2 Å². The number of rotatable bonds is 4. The number of aryl methyl sites for hydroxylation is 1. The summed E-state index contributed by atoms with van der Waals surface area (Å²) < 4.78 is 2.09. The molecule has 0 fully saturated rings. The van der Waals surface area contributed by atoms with Crippen molar-refractivity contribution in [1.29, 1.82) is 0 Å². The van der Waals surface area contributed by atoms with Crippen LogP contribution in [0.25, 0.3) is 11.5 Å². The number of hydrogen-bond acceptors (Lipinski definition) is 4. The minimum absolute atomic E-state index is 0.508. The van der Waals surface area contributed by atoms with Crippen molar-refractivity contribution in [1.82, 2.24) is 19.7 Å². The first-order valence-electron chi connectivity index (χ1n) is 5.81. The monoisotopic (exact) mass is 231 g/mol. The Bertz CT molecular complexity index is 486. The second-order valence-electron chi connectivity index (χ2n) is 3.98. The summed E-state index contributed by atoms with van der Waals surface area (Å²) in [5.41, 5.74) is 7.41. The quantitative estimate of drug-likeness (QED) is 0.866. The average molecular weight is 231 g/mol. The summed E-state index contributed by atoms with van der Waals surface area (Å²) in [6.07, 6.45) is 2.84. The molecule has 0 aliphatic heterocycles. The summed E-state index contributed by atoms with van der Waals surface area (Å²) in [5, 5.41) is 8.28. The molecule has 2 N–H and O–H groups in total. The highest BCUT2D eigenvalue weighted by Gasteiger charge is 2.11. The van der Waals surface area contributed by atoms with Crippen molar-refractivity contribution >= 4 is 0 Å². The molecule has 90 valence electrons. The number of nitrogens with two attached hydrogens (primary N) is 1. The summed E-state index contributed by atoms with van der Waals surface area (Å²) in [5.74, 6) is 1.75. The molecule has 0 bridgehead atoms. The van der Waals surface area contributed by atoms with E-state index in [9.17, 15) is 0 Å². The zero-order chi connectivity index (χ0) is 12.3. The summed E-state index contributed by atoms with van der Waals surface area (Å²) in [7, 11) is 0. The van der Waals surface area contributed by atoms with Gasteiger partial charge in [0.15, 0.2) is 5.82 Å². The van der Waals surface area contributed by atoms with E-state index in [1.54, 1.807) is 6.20 Å². The number of aromatic nitrogens is 4. The molecule has 0 amide bonds. The van der Waals surface area contributed by atoms with Crippen molar-refractivity contribution in [3.8, 4) is 11.5 Å². The number of hydrogen-bond donors (Lipinski definition) is 1. The van der Waals surface area contributed by atoms with Gasteiger partial charge in [-0.25, -0.2) is 0 Å². The van der Waals surface area contributed by atoms with E-state index in [4.69, 9.17) is 5.73 Å². The molecule has 0 radical (unpaired) electrons. The highest BCUT2D eigenvalue weighted by Crippen LogP contribution is 2.16. The van der Waals surface area contributed by atoms with Gasteiger partial charge in [-0.1, -0.05) is 13.0 Å². The fraction of sp³-hybridized carbons (Fsp3) is 0.417. The summed E-state index contributed by atoms with van der Waals surface area (Å²) in [4.78, 5) is 4.37. The van der Waals surface area contributed by atoms with Gasteiger partial charge in [-0.3, -0.25) is 4.98 Å². The molecule has 0 aliphatic carbocycles. The van der Waals surface area contributed by atoms with E-state index in [-0.39, 0.29) is 0 Å². The molecule has 0 spiro atoms. The smallest absolute Gasteiger partial charge is 0.182 e. The van der Waals surface area contributed by atoms with Crippen LogP contribution in [0.2, 0.25) is 0 Å². The second-order valence-corrected chi connectivity index (χ2v) is 3.98. The Morgan fingerprint density at radius 2 is 2.12 bits per heavy atom. The van der Waals surface area contributed by atoms with Gasteiger partial charge in [0.05, 0.1) is 0 Å². The molecule has 0 atom stereocenters. The molecule has 2 heterocycles. The van der Waals surface area contributed by atoms with E-state index in [2.05, 4.69) is 26.7 Å². The van der Waals surface area contributed by atoms with Gasteiger partial charge in [-0.05, 0) is 25.0 Å². The Morgan fingerprint density at radius 3 is 2.71 bits per heavy atom. The van der Waals surface area contributed by atoms with Crippen molar-refractivity contribution in [3.05, 3.63) is 29.7 Å². The van der Waals surface area contributed by atoms with Crippen LogP contribution in [0.15, 0.2) is 18.3 Å². The molecule has 0 saturated heterocycles. The van der Waals surface area contributed by atoms with Crippen LogP contribution in [0.1, 0.15) is 24.7 Å². The Morgan fingerprint density at radius 1 is 1.29 bits per heavy atom. The SMILES string of the molecule is CCCn1c(C)nnc1-c1ccc(CN)cn1. The van der Waals surface area contributed by atoms with Crippen LogP contribution in [-0.4, -0.2) is 19.7 Å². The predicted octanol–water partition coefficient (Wildman–Crippen LogP) is 1.52. The Kier molecular flexibility index (Phi) is 3.49. The predicted molar refractivity (Wildman–Crippen MR) is 66.2 cm³/mol. The summed E-state index contributed by atoms with van der Waals surface area (Å²) in [6, 6.07) is 3.92. The largest absolute Gasteiger partial charge is 0.326 e. The van der Waals surface area contributed by atoms with Gasteiger partial charge in [0.2, 0.25) is 0 Å². The first kappa shape index (κ1) is 11.7. The van der Waals surface area contributed by atoms with Gasteiger partial charge in [0.25, 0.3) is 0 Å². The van der Waals surface area contributed by atoms with Gasteiger partial charge in [0.1, 0.15) is 11.5 Å². The Balaban J connectivity index is 2.38. The molecular formula is C12H17N5. The van der Waals surface area contributed by atoms with Gasteiger partial charge >= 0.3 is 0 Å². The molecule has 17 heavy (non-hydrogen) atoms. The van der Waals surface area contributed by atoms with Crippen molar-refractivity contribution in [2.24, 2.45) is 5.73 Å². The minimum atomic E-state index is 0.508. The lowest BCUT2D eigenvalue weighted by molar-refractivity contribution is 0.661. The zero-order valence-corrected chi connectivity index (χ0v) is 10.2. The molecule has 0 unspecified atom stereocenters. The first-order chi connectivity index (χ1) is 8.26. The van der Waals surface area contributed by atoms with Crippen LogP contribution >= 0.6 is 0 Å². The zero-order valence-electron chi connectivity index (χ0n) is 10.2. The lowest BCUT2D eigenvalue weighted by atomic mass is 10.2. The first-order valence-corrected chi connectivity index (χ1v) is 5.81. The van der Waals surface area contributed by atoms with Gasteiger partial charge in [0, 0.05) is 19.3 Å². The molecule has 0 aliphatic rings. The normalized spacial score (nSPS) is 10.8. The molecule has 2 rings (SSSR count). The maximum atomic E-state index is 5.55. The second kappa shape index (κ2) is 5.05. The lowest BCUT2D eigenvalue weighted by Gasteiger charge is -2.06. The van der Waals surface area contributed by atoms with E-state index in [0.717, 1.165) is 35.9 Å². The standard InChI is InChI=1S/C12H17N5/c1-3-6-17-9(2)15-16-12(17)11-5-4-10(7-13)8-14-11/h4-5,8H,3,6-7,13H2,1-2H3.